The number of rotatable bonds is 3. The van der Waals surface area contributed by atoms with Gasteiger partial charge in [0.15, 0.2) is 0 Å². The van der Waals surface area contributed by atoms with Crippen LogP contribution in [-0.2, 0) is 0 Å². The van der Waals surface area contributed by atoms with Gasteiger partial charge in [0.1, 0.15) is 5.82 Å². The van der Waals surface area contributed by atoms with Gasteiger partial charge < -0.3 is 5.32 Å². The van der Waals surface area contributed by atoms with Crippen LogP contribution in [0, 0.1) is 5.92 Å². The van der Waals surface area contributed by atoms with Crippen LogP contribution in [0.5, 0.6) is 0 Å². The van der Waals surface area contributed by atoms with Crippen LogP contribution in [0.2, 0.25) is 5.02 Å². The van der Waals surface area contributed by atoms with Crippen molar-refractivity contribution >= 4 is 23.4 Å². The molecule has 0 aliphatic heterocycles. The molecule has 0 bridgehead atoms. The number of nitrogens with one attached hydrogen (secondary N) is 2. The summed E-state index contributed by atoms with van der Waals surface area (Å²) in [7, 11) is 0. The minimum Gasteiger partial charge on any atom is -0.315 e. The lowest BCUT2D eigenvalue weighted by atomic mass is 10.4. The molecule has 2 rings (SSSR count). The van der Waals surface area contributed by atoms with Gasteiger partial charge in [0.25, 0.3) is 0 Å². The first-order chi connectivity index (χ1) is 7.74. The molecule has 2 amide bonds. The van der Waals surface area contributed by atoms with E-state index in [4.69, 9.17) is 11.6 Å². The summed E-state index contributed by atoms with van der Waals surface area (Å²) in [4.78, 5) is 15.3. The molecule has 16 heavy (non-hydrogen) atoms. The van der Waals surface area contributed by atoms with E-state index in [1.165, 1.54) is 19.0 Å². The minimum absolute atomic E-state index is 0.299. The molecular formula is C11H12ClN3O. The summed E-state index contributed by atoms with van der Waals surface area (Å²) in [5.41, 5.74) is 0. The van der Waals surface area contributed by atoms with Crippen LogP contribution in [-0.4, -0.2) is 11.0 Å². The molecule has 1 saturated carbocycles. The van der Waals surface area contributed by atoms with Gasteiger partial charge in [0.2, 0.25) is 0 Å². The maximum absolute atomic E-state index is 11.4. The SMILES string of the molecule is O=C(N/C=C/C1CC1)Nc1ccc(Cl)cn1. The Morgan fingerprint density at radius 2 is 2.31 bits per heavy atom. The number of halogens is 1. The van der Waals surface area contributed by atoms with Gasteiger partial charge in [-0.1, -0.05) is 17.7 Å². The summed E-state index contributed by atoms with van der Waals surface area (Å²) in [5, 5.41) is 5.75. The fourth-order valence-electron chi connectivity index (χ4n) is 1.15. The summed E-state index contributed by atoms with van der Waals surface area (Å²) in [6.45, 7) is 0. The topological polar surface area (TPSA) is 54.0 Å². The molecule has 4 nitrogen and oxygen atoms in total. The number of amides is 2. The van der Waals surface area contributed by atoms with E-state index in [-0.39, 0.29) is 6.03 Å². The highest BCUT2D eigenvalue weighted by Crippen LogP contribution is 2.29. The van der Waals surface area contributed by atoms with Crippen molar-refractivity contribution in [1.82, 2.24) is 10.3 Å². The van der Waals surface area contributed by atoms with E-state index in [0.717, 1.165) is 0 Å². The van der Waals surface area contributed by atoms with Crippen molar-refractivity contribution in [2.24, 2.45) is 5.92 Å². The zero-order valence-corrected chi connectivity index (χ0v) is 9.37. The molecule has 1 aliphatic carbocycles. The van der Waals surface area contributed by atoms with Crippen molar-refractivity contribution < 1.29 is 4.79 Å². The average Bonchev–Trinajstić information content (AvgIpc) is 3.05. The number of pyridine rings is 1. The van der Waals surface area contributed by atoms with Crippen LogP contribution in [0.25, 0.3) is 0 Å². The fourth-order valence-corrected chi connectivity index (χ4v) is 1.26. The maximum atomic E-state index is 11.4. The molecule has 2 N–H and O–H groups in total. The second kappa shape index (κ2) is 4.99. The Kier molecular flexibility index (Phi) is 3.41. The second-order valence-electron chi connectivity index (χ2n) is 3.66. The molecule has 1 fully saturated rings. The van der Waals surface area contributed by atoms with E-state index < -0.39 is 0 Å². The van der Waals surface area contributed by atoms with Gasteiger partial charge in [-0.15, -0.1) is 0 Å². The van der Waals surface area contributed by atoms with E-state index in [1.54, 1.807) is 18.3 Å². The van der Waals surface area contributed by atoms with E-state index in [1.807, 2.05) is 6.08 Å². The minimum atomic E-state index is -0.299. The van der Waals surface area contributed by atoms with E-state index in [0.29, 0.717) is 16.8 Å². The summed E-state index contributed by atoms with van der Waals surface area (Å²) >= 11 is 5.67. The highest BCUT2D eigenvalue weighted by atomic mass is 35.5. The van der Waals surface area contributed by atoms with Crippen LogP contribution in [0.3, 0.4) is 0 Å². The summed E-state index contributed by atoms with van der Waals surface area (Å²) < 4.78 is 0. The number of allylic oxidation sites excluding steroid dienone is 1. The number of hydrogen-bond donors (Lipinski definition) is 2. The fraction of sp³-hybridized carbons (Fsp3) is 0.273. The van der Waals surface area contributed by atoms with Crippen LogP contribution in [0.15, 0.2) is 30.6 Å². The zero-order chi connectivity index (χ0) is 11.4. The monoisotopic (exact) mass is 237 g/mol. The van der Waals surface area contributed by atoms with Gasteiger partial charge in [-0.2, -0.15) is 0 Å². The normalized spacial score (nSPS) is 15.1. The van der Waals surface area contributed by atoms with Crippen molar-refractivity contribution in [3.8, 4) is 0 Å². The Hall–Kier alpha value is -1.55. The Labute approximate surface area is 98.7 Å². The number of nitrogens with zero attached hydrogens (tertiary/aromatic N) is 1. The first kappa shape index (κ1) is 11.0. The Morgan fingerprint density at radius 1 is 1.50 bits per heavy atom. The molecular weight excluding hydrogens is 226 g/mol. The summed E-state index contributed by atoms with van der Waals surface area (Å²) in [6.07, 6.45) is 7.59. The van der Waals surface area contributed by atoms with E-state index >= 15 is 0 Å². The predicted molar refractivity (Wildman–Crippen MR) is 63.3 cm³/mol. The molecule has 1 aromatic heterocycles. The number of aromatic nitrogens is 1. The molecule has 0 atom stereocenters. The number of carbonyl (C=O) groups excluding carboxylic acids is 1. The van der Waals surface area contributed by atoms with Gasteiger partial charge in [0, 0.05) is 12.4 Å². The van der Waals surface area contributed by atoms with E-state index in [2.05, 4.69) is 15.6 Å². The molecule has 84 valence electrons. The lowest BCUT2D eigenvalue weighted by Crippen LogP contribution is -2.24. The first-order valence-electron chi connectivity index (χ1n) is 5.10. The number of urea groups is 1. The van der Waals surface area contributed by atoms with Crippen molar-refractivity contribution in [2.45, 2.75) is 12.8 Å². The largest absolute Gasteiger partial charge is 0.324 e. The number of anilines is 1. The van der Waals surface area contributed by atoms with Gasteiger partial charge in [-0.25, -0.2) is 9.78 Å². The van der Waals surface area contributed by atoms with Crippen LogP contribution >= 0.6 is 11.6 Å². The van der Waals surface area contributed by atoms with Crippen molar-refractivity contribution in [3.05, 3.63) is 35.6 Å². The summed E-state index contributed by atoms with van der Waals surface area (Å²) in [5.74, 6) is 1.12. The third kappa shape index (κ3) is 3.55. The standard InChI is InChI=1S/C11H12ClN3O/c12-9-3-4-10(14-7-9)15-11(16)13-6-5-8-1-2-8/h3-8H,1-2H2,(H2,13,14,15,16)/b6-5+. The smallest absolute Gasteiger partial charge is 0.315 e. The first-order valence-corrected chi connectivity index (χ1v) is 5.47. The van der Waals surface area contributed by atoms with Gasteiger partial charge in [-0.05, 0) is 30.9 Å². The molecule has 1 heterocycles. The summed E-state index contributed by atoms with van der Waals surface area (Å²) in [6, 6.07) is 3.02. The molecule has 5 heteroatoms. The van der Waals surface area contributed by atoms with Crippen LogP contribution in [0.1, 0.15) is 12.8 Å². The zero-order valence-electron chi connectivity index (χ0n) is 8.61. The molecule has 0 saturated heterocycles. The van der Waals surface area contributed by atoms with Crippen molar-refractivity contribution in [2.75, 3.05) is 5.32 Å². The predicted octanol–water partition coefficient (Wildman–Crippen LogP) is 2.78. The van der Waals surface area contributed by atoms with Gasteiger partial charge in [0.05, 0.1) is 5.02 Å². The lowest BCUT2D eigenvalue weighted by Gasteiger charge is -2.02. The number of carbonyl (C=O) groups is 1. The molecule has 0 unspecified atom stereocenters. The Morgan fingerprint density at radius 3 is 2.94 bits per heavy atom. The molecule has 1 aromatic rings. The molecule has 0 aromatic carbocycles. The highest BCUT2D eigenvalue weighted by molar-refractivity contribution is 6.30. The second-order valence-corrected chi connectivity index (χ2v) is 4.09. The van der Waals surface area contributed by atoms with E-state index in [9.17, 15) is 4.79 Å². The molecule has 1 aliphatic rings. The lowest BCUT2D eigenvalue weighted by molar-refractivity contribution is 0.255. The maximum Gasteiger partial charge on any atom is 0.324 e. The average molecular weight is 238 g/mol. The Bertz CT molecular complexity index is 398. The highest BCUT2D eigenvalue weighted by Gasteiger charge is 2.17. The quantitative estimate of drug-likeness (QED) is 0.849. The van der Waals surface area contributed by atoms with Crippen molar-refractivity contribution in [3.63, 3.8) is 0 Å². The van der Waals surface area contributed by atoms with Crippen LogP contribution in [0.4, 0.5) is 10.6 Å². The van der Waals surface area contributed by atoms with Gasteiger partial charge in [-0.3, -0.25) is 5.32 Å². The third-order valence-corrected chi connectivity index (χ3v) is 2.40. The third-order valence-electron chi connectivity index (χ3n) is 2.17. The Balaban J connectivity index is 1.79. The van der Waals surface area contributed by atoms with Crippen molar-refractivity contribution in [1.29, 1.82) is 0 Å². The number of hydrogen-bond acceptors (Lipinski definition) is 2. The van der Waals surface area contributed by atoms with Gasteiger partial charge >= 0.3 is 6.03 Å². The van der Waals surface area contributed by atoms with Crippen LogP contribution < -0.4 is 10.6 Å². The molecule has 0 radical (unpaired) electrons. The molecule has 0 spiro atoms.